The molecular formula is C14H22FNO. The maximum absolute atomic E-state index is 12.7. The first-order chi connectivity index (χ1) is 7.90. The van der Waals surface area contributed by atoms with Gasteiger partial charge in [0.05, 0.1) is 0 Å². The van der Waals surface area contributed by atoms with Gasteiger partial charge in [-0.2, -0.15) is 0 Å². The molecule has 1 N–H and O–H groups in total. The van der Waals surface area contributed by atoms with Crippen molar-refractivity contribution in [2.45, 2.75) is 45.8 Å². The van der Waals surface area contributed by atoms with Crippen LogP contribution in [-0.2, 0) is 0 Å². The van der Waals surface area contributed by atoms with E-state index in [1.807, 2.05) is 0 Å². The van der Waals surface area contributed by atoms with Crippen LogP contribution >= 0.6 is 0 Å². The van der Waals surface area contributed by atoms with Gasteiger partial charge in [-0.25, -0.2) is 4.39 Å². The molecule has 0 heterocycles. The molecule has 0 bridgehead atoms. The van der Waals surface area contributed by atoms with Gasteiger partial charge in [0, 0.05) is 12.1 Å². The smallest absolute Gasteiger partial charge is 0.123 e. The molecule has 0 aliphatic carbocycles. The van der Waals surface area contributed by atoms with Crippen LogP contribution in [0.2, 0.25) is 0 Å². The van der Waals surface area contributed by atoms with Crippen LogP contribution in [0.5, 0.6) is 5.75 Å². The third-order valence-electron chi connectivity index (χ3n) is 2.43. The summed E-state index contributed by atoms with van der Waals surface area (Å²) < 4.78 is 18.5. The number of halogens is 1. The molecule has 3 heteroatoms. The SMILES string of the molecule is CCC(CNC(C)(C)C)Oc1ccc(F)cc1. The van der Waals surface area contributed by atoms with Crippen LogP contribution in [-0.4, -0.2) is 18.2 Å². The van der Waals surface area contributed by atoms with Gasteiger partial charge in [0.2, 0.25) is 0 Å². The molecular weight excluding hydrogens is 217 g/mol. The number of ether oxygens (including phenoxy) is 1. The number of benzene rings is 1. The topological polar surface area (TPSA) is 21.3 Å². The Morgan fingerprint density at radius 1 is 1.24 bits per heavy atom. The van der Waals surface area contributed by atoms with E-state index in [9.17, 15) is 4.39 Å². The first-order valence-electron chi connectivity index (χ1n) is 6.08. The summed E-state index contributed by atoms with van der Waals surface area (Å²) in [5.41, 5.74) is 0.0829. The van der Waals surface area contributed by atoms with Crippen molar-refractivity contribution in [2.75, 3.05) is 6.54 Å². The van der Waals surface area contributed by atoms with Gasteiger partial charge in [-0.3, -0.25) is 0 Å². The zero-order valence-electron chi connectivity index (χ0n) is 11.1. The monoisotopic (exact) mass is 239 g/mol. The van der Waals surface area contributed by atoms with Crippen molar-refractivity contribution < 1.29 is 9.13 Å². The van der Waals surface area contributed by atoms with Crippen molar-refractivity contribution in [1.29, 1.82) is 0 Å². The summed E-state index contributed by atoms with van der Waals surface area (Å²) in [6.07, 6.45) is 1.03. The van der Waals surface area contributed by atoms with Crippen LogP contribution in [0, 0.1) is 5.82 Å². The van der Waals surface area contributed by atoms with Crippen molar-refractivity contribution in [1.82, 2.24) is 5.32 Å². The molecule has 0 amide bonds. The molecule has 0 saturated carbocycles. The van der Waals surface area contributed by atoms with E-state index in [0.717, 1.165) is 13.0 Å². The quantitative estimate of drug-likeness (QED) is 0.850. The number of rotatable bonds is 5. The lowest BCUT2D eigenvalue weighted by Crippen LogP contribution is -2.42. The lowest BCUT2D eigenvalue weighted by molar-refractivity contribution is 0.181. The van der Waals surface area contributed by atoms with Gasteiger partial charge in [-0.1, -0.05) is 6.92 Å². The largest absolute Gasteiger partial charge is 0.489 e. The van der Waals surface area contributed by atoms with Crippen LogP contribution < -0.4 is 10.1 Å². The number of hydrogen-bond acceptors (Lipinski definition) is 2. The lowest BCUT2D eigenvalue weighted by Gasteiger charge is -2.25. The second kappa shape index (κ2) is 6.01. The summed E-state index contributed by atoms with van der Waals surface area (Å²) in [5.74, 6) is 0.479. The van der Waals surface area contributed by atoms with E-state index in [0.29, 0.717) is 5.75 Å². The maximum Gasteiger partial charge on any atom is 0.123 e. The van der Waals surface area contributed by atoms with Crippen molar-refractivity contribution in [3.8, 4) is 5.75 Å². The molecule has 2 nitrogen and oxygen atoms in total. The number of hydrogen-bond donors (Lipinski definition) is 1. The van der Waals surface area contributed by atoms with Gasteiger partial charge in [-0.15, -0.1) is 0 Å². The molecule has 0 radical (unpaired) electrons. The van der Waals surface area contributed by atoms with Crippen molar-refractivity contribution in [3.63, 3.8) is 0 Å². The standard InChI is InChI=1S/C14H22FNO/c1-5-12(10-16-14(2,3)4)17-13-8-6-11(15)7-9-13/h6-9,12,16H,5,10H2,1-4H3. The third kappa shape index (κ3) is 5.68. The molecule has 1 aromatic carbocycles. The Morgan fingerprint density at radius 2 is 1.82 bits per heavy atom. The number of nitrogens with one attached hydrogen (secondary N) is 1. The van der Waals surface area contributed by atoms with Crippen LogP contribution in [0.25, 0.3) is 0 Å². The minimum atomic E-state index is -0.238. The summed E-state index contributed by atoms with van der Waals surface area (Å²) in [6, 6.07) is 6.16. The Morgan fingerprint density at radius 3 is 2.29 bits per heavy atom. The Balaban J connectivity index is 2.49. The molecule has 0 aromatic heterocycles. The minimum absolute atomic E-state index is 0.0829. The van der Waals surface area contributed by atoms with Crippen LogP contribution in [0.15, 0.2) is 24.3 Å². The zero-order valence-corrected chi connectivity index (χ0v) is 11.1. The van der Waals surface area contributed by atoms with Gasteiger partial charge < -0.3 is 10.1 Å². The molecule has 1 rings (SSSR count). The molecule has 96 valence electrons. The average molecular weight is 239 g/mol. The first kappa shape index (κ1) is 14.0. The molecule has 1 aromatic rings. The summed E-state index contributed by atoms with van der Waals surface area (Å²) in [5, 5.41) is 3.41. The van der Waals surface area contributed by atoms with Crippen LogP contribution in [0.1, 0.15) is 34.1 Å². The average Bonchev–Trinajstić information content (AvgIpc) is 2.25. The Kier molecular flexibility index (Phi) is 4.94. The molecule has 0 saturated heterocycles. The predicted octanol–water partition coefficient (Wildman–Crippen LogP) is 3.37. The van der Waals surface area contributed by atoms with E-state index in [4.69, 9.17) is 4.74 Å². The van der Waals surface area contributed by atoms with Crippen molar-refractivity contribution >= 4 is 0 Å². The first-order valence-corrected chi connectivity index (χ1v) is 6.08. The summed E-state index contributed by atoms with van der Waals surface area (Å²) in [4.78, 5) is 0. The van der Waals surface area contributed by atoms with Gasteiger partial charge in [-0.05, 0) is 51.5 Å². The molecule has 0 spiro atoms. The highest BCUT2D eigenvalue weighted by Gasteiger charge is 2.14. The second-order valence-electron chi connectivity index (χ2n) is 5.23. The van der Waals surface area contributed by atoms with Gasteiger partial charge >= 0.3 is 0 Å². The normalized spacial score (nSPS) is 13.5. The van der Waals surface area contributed by atoms with E-state index in [1.165, 1.54) is 12.1 Å². The fourth-order valence-electron chi connectivity index (χ4n) is 1.39. The highest BCUT2D eigenvalue weighted by Crippen LogP contribution is 2.14. The summed E-state index contributed by atoms with van der Waals surface area (Å²) in [7, 11) is 0. The molecule has 1 unspecified atom stereocenters. The van der Waals surface area contributed by atoms with Gasteiger partial charge in [0.25, 0.3) is 0 Å². The molecule has 0 fully saturated rings. The van der Waals surface area contributed by atoms with Gasteiger partial charge in [0.15, 0.2) is 0 Å². The van der Waals surface area contributed by atoms with Crippen LogP contribution in [0.3, 0.4) is 0 Å². The highest BCUT2D eigenvalue weighted by molar-refractivity contribution is 5.22. The van der Waals surface area contributed by atoms with E-state index >= 15 is 0 Å². The van der Waals surface area contributed by atoms with Crippen molar-refractivity contribution in [2.24, 2.45) is 0 Å². The zero-order chi connectivity index (χ0) is 12.9. The summed E-state index contributed by atoms with van der Waals surface area (Å²) >= 11 is 0. The Bertz CT molecular complexity index is 329. The molecule has 1 atom stereocenters. The van der Waals surface area contributed by atoms with E-state index < -0.39 is 0 Å². The second-order valence-corrected chi connectivity index (χ2v) is 5.23. The third-order valence-corrected chi connectivity index (χ3v) is 2.43. The Labute approximate surface area is 103 Å². The van der Waals surface area contributed by atoms with E-state index in [1.54, 1.807) is 12.1 Å². The van der Waals surface area contributed by atoms with E-state index in [2.05, 4.69) is 33.0 Å². The fraction of sp³-hybridized carbons (Fsp3) is 0.571. The summed E-state index contributed by atoms with van der Waals surface area (Å²) in [6.45, 7) is 9.24. The molecule has 0 aliphatic rings. The lowest BCUT2D eigenvalue weighted by atomic mass is 10.1. The molecule has 0 aliphatic heterocycles. The minimum Gasteiger partial charge on any atom is -0.489 e. The Hall–Kier alpha value is -1.09. The van der Waals surface area contributed by atoms with E-state index in [-0.39, 0.29) is 17.5 Å². The predicted molar refractivity (Wildman–Crippen MR) is 68.9 cm³/mol. The molecule has 17 heavy (non-hydrogen) atoms. The highest BCUT2D eigenvalue weighted by atomic mass is 19.1. The van der Waals surface area contributed by atoms with Crippen molar-refractivity contribution in [3.05, 3.63) is 30.1 Å². The fourth-order valence-corrected chi connectivity index (χ4v) is 1.39. The maximum atomic E-state index is 12.7. The van der Waals surface area contributed by atoms with Gasteiger partial charge in [0.1, 0.15) is 17.7 Å². The van der Waals surface area contributed by atoms with Crippen LogP contribution in [0.4, 0.5) is 4.39 Å².